The maximum absolute atomic E-state index is 4.82. The fraction of sp³-hybridized carbons (Fsp3) is 0.0526. The van der Waals surface area contributed by atoms with E-state index in [9.17, 15) is 0 Å². The molecule has 2 heterocycles. The van der Waals surface area contributed by atoms with Gasteiger partial charge in [-0.2, -0.15) is 0 Å². The Morgan fingerprint density at radius 2 is 1.50 bits per heavy atom. The van der Waals surface area contributed by atoms with Crippen molar-refractivity contribution in [1.29, 1.82) is 0 Å². The van der Waals surface area contributed by atoms with Crippen LogP contribution in [0.4, 0.5) is 0 Å². The number of imidazole rings is 1. The van der Waals surface area contributed by atoms with Crippen LogP contribution in [0.25, 0.3) is 28.1 Å². The van der Waals surface area contributed by atoms with Gasteiger partial charge in [0.1, 0.15) is 11.3 Å². The molecule has 106 valence electrons. The summed E-state index contributed by atoms with van der Waals surface area (Å²) in [7, 11) is 0. The molecule has 0 saturated heterocycles. The lowest BCUT2D eigenvalue weighted by Crippen LogP contribution is -1.98. The third-order valence-corrected chi connectivity index (χ3v) is 3.79. The molecule has 0 saturated carbocycles. The molecule has 2 aromatic heterocycles. The van der Waals surface area contributed by atoms with Crippen LogP contribution < -0.4 is 0 Å². The van der Waals surface area contributed by atoms with Gasteiger partial charge in [-0.25, -0.2) is 4.98 Å². The summed E-state index contributed by atoms with van der Waals surface area (Å²) in [5, 5.41) is 0. The number of benzene rings is 2. The van der Waals surface area contributed by atoms with E-state index in [-0.39, 0.29) is 0 Å². The van der Waals surface area contributed by atoms with Gasteiger partial charge in [0.05, 0.1) is 11.7 Å². The van der Waals surface area contributed by atoms with Crippen LogP contribution in [0.15, 0.2) is 73.1 Å². The fourth-order valence-corrected chi connectivity index (χ4v) is 2.80. The molecule has 2 aromatic carbocycles. The predicted octanol–water partition coefficient (Wildman–Crippen LogP) is 4.40. The van der Waals surface area contributed by atoms with Crippen LogP contribution in [0.3, 0.4) is 0 Å². The van der Waals surface area contributed by atoms with E-state index in [0.29, 0.717) is 0 Å². The molecule has 0 unspecified atom stereocenters. The molecule has 4 aromatic rings. The Labute approximate surface area is 128 Å². The number of fused-ring (bicyclic) bond motifs is 1. The topological polar surface area (TPSA) is 30.7 Å². The molecule has 3 heteroatoms. The summed E-state index contributed by atoms with van der Waals surface area (Å²) in [5.41, 5.74) is 5.36. The quantitative estimate of drug-likeness (QED) is 0.546. The van der Waals surface area contributed by atoms with E-state index in [1.165, 1.54) is 0 Å². The summed E-state index contributed by atoms with van der Waals surface area (Å²) in [5.74, 6) is 0.943. The number of rotatable bonds is 2. The zero-order valence-corrected chi connectivity index (χ0v) is 12.3. The third kappa shape index (κ3) is 1.99. The van der Waals surface area contributed by atoms with Crippen LogP contribution in [0, 0.1) is 6.92 Å². The number of para-hydroxylation sites is 1. The Morgan fingerprint density at radius 1 is 0.818 bits per heavy atom. The second-order valence-corrected chi connectivity index (χ2v) is 5.30. The van der Waals surface area contributed by atoms with Gasteiger partial charge in [-0.05, 0) is 24.6 Å². The summed E-state index contributed by atoms with van der Waals surface area (Å²) in [6, 6.07) is 20.6. The van der Waals surface area contributed by atoms with Gasteiger partial charge in [0, 0.05) is 17.4 Å². The molecule has 0 aliphatic heterocycles. The minimum atomic E-state index is 0.919. The summed E-state index contributed by atoms with van der Waals surface area (Å²) in [6.45, 7) is 2.07. The zero-order valence-electron chi connectivity index (χ0n) is 12.3. The summed E-state index contributed by atoms with van der Waals surface area (Å²) >= 11 is 0. The largest absolute Gasteiger partial charge is 0.292 e. The van der Waals surface area contributed by atoms with Crippen molar-refractivity contribution in [1.82, 2.24) is 14.5 Å². The zero-order chi connectivity index (χ0) is 14.9. The van der Waals surface area contributed by atoms with E-state index >= 15 is 0 Å². The Bertz CT molecular complexity index is 925. The highest BCUT2D eigenvalue weighted by molar-refractivity contribution is 5.85. The molecule has 0 fully saturated rings. The van der Waals surface area contributed by atoms with Crippen molar-refractivity contribution in [2.45, 2.75) is 6.92 Å². The molecule has 0 radical (unpaired) electrons. The lowest BCUT2D eigenvalue weighted by molar-refractivity contribution is 1.09. The van der Waals surface area contributed by atoms with Crippen LogP contribution in [0.2, 0.25) is 0 Å². The minimum absolute atomic E-state index is 0.919. The molecule has 0 atom stereocenters. The second-order valence-electron chi connectivity index (χ2n) is 5.30. The number of hydrogen-bond donors (Lipinski definition) is 0. The van der Waals surface area contributed by atoms with Crippen molar-refractivity contribution < 1.29 is 0 Å². The number of pyridine rings is 1. The van der Waals surface area contributed by atoms with Crippen LogP contribution in [0.1, 0.15) is 5.56 Å². The predicted molar refractivity (Wildman–Crippen MR) is 89.0 cm³/mol. The van der Waals surface area contributed by atoms with Crippen LogP contribution in [-0.4, -0.2) is 14.5 Å². The molecule has 0 N–H and O–H groups in total. The SMILES string of the molecule is Cc1cncc2nc(-c3ccccc3)n(-c3ccccc3)c12. The van der Waals surface area contributed by atoms with Gasteiger partial charge in [0.25, 0.3) is 0 Å². The smallest absolute Gasteiger partial charge is 0.145 e. The Morgan fingerprint density at radius 3 is 2.23 bits per heavy atom. The van der Waals surface area contributed by atoms with Crippen molar-refractivity contribution >= 4 is 11.0 Å². The number of aromatic nitrogens is 3. The monoisotopic (exact) mass is 285 g/mol. The third-order valence-electron chi connectivity index (χ3n) is 3.79. The first-order valence-electron chi connectivity index (χ1n) is 7.28. The van der Waals surface area contributed by atoms with Gasteiger partial charge in [0.15, 0.2) is 0 Å². The molecular formula is C19H15N3. The van der Waals surface area contributed by atoms with E-state index < -0.39 is 0 Å². The minimum Gasteiger partial charge on any atom is -0.292 e. The van der Waals surface area contributed by atoms with Gasteiger partial charge in [-0.15, -0.1) is 0 Å². The average molecular weight is 285 g/mol. The van der Waals surface area contributed by atoms with Crippen molar-refractivity contribution in [3.63, 3.8) is 0 Å². The first kappa shape index (κ1) is 12.8. The Hall–Kier alpha value is -2.94. The number of hydrogen-bond acceptors (Lipinski definition) is 2. The normalized spacial score (nSPS) is 11.0. The molecule has 0 amide bonds. The highest BCUT2D eigenvalue weighted by Gasteiger charge is 2.15. The molecule has 0 spiro atoms. The summed E-state index contributed by atoms with van der Waals surface area (Å²) in [6.07, 6.45) is 3.71. The molecule has 22 heavy (non-hydrogen) atoms. The molecule has 0 bridgehead atoms. The first-order chi connectivity index (χ1) is 10.8. The highest BCUT2D eigenvalue weighted by Crippen LogP contribution is 2.29. The Balaban J connectivity index is 2.11. The number of nitrogens with zero attached hydrogens (tertiary/aromatic N) is 3. The molecule has 4 rings (SSSR count). The highest BCUT2D eigenvalue weighted by atomic mass is 15.1. The average Bonchev–Trinajstić information content (AvgIpc) is 2.97. The van der Waals surface area contributed by atoms with Gasteiger partial charge in [-0.1, -0.05) is 48.5 Å². The maximum Gasteiger partial charge on any atom is 0.145 e. The molecule has 0 aliphatic rings. The Kier molecular flexibility index (Phi) is 2.97. The first-order valence-corrected chi connectivity index (χ1v) is 7.28. The van der Waals surface area contributed by atoms with Crippen molar-refractivity contribution in [3.8, 4) is 17.1 Å². The van der Waals surface area contributed by atoms with E-state index in [2.05, 4.69) is 40.7 Å². The lowest BCUT2D eigenvalue weighted by Gasteiger charge is -2.10. The van der Waals surface area contributed by atoms with Crippen LogP contribution >= 0.6 is 0 Å². The molecule has 0 aliphatic carbocycles. The maximum atomic E-state index is 4.82. The molecule has 3 nitrogen and oxygen atoms in total. The van der Waals surface area contributed by atoms with Gasteiger partial charge >= 0.3 is 0 Å². The van der Waals surface area contributed by atoms with Gasteiger partial charge in [0.2, 0.25) is 0 Å². The van der Waals surface area contributed by atoms with Crippen molar-refractivity contribution in [3.05, 3.63) is 78.6 Å². The summed E-state index contributed by atoms with van der Waals surface area (Å²) in [4.78, 5) is 9.10. The van der Waals surface area contributed by atoms with Crippen molar-refractivity contribution in [2.75, 3.05) is 0 Å². The van der Waals surface area contributed by atoms with Crippen molar-refractivity contribution in [2.24, 2.45) is 0 Å². The van der Waals surface area contributed by atoms with E-state index in [0.717, 1.165) is 33.7 Å². The van der Waals surface area contributed by atoms with E-state index in [4.69, 9.17) is 4.98 Å². The standard InChI is InChI=1S/C19H15N3/c1-14-12-20-13-17-18(14)22(16-10-6-3-7-11-16)19(21-17)15-8-4-2-5-9-15/h2-13H,1H3. The molecular weight excluding hydrogens is 270 g/mol. The summed E-state index contributed by atoms with van der Waals surface area (Å²) < 4.78 is 2.21. The van der Waals surface area contributed by atoms with Crippen LogP contribution in [-0.2, 0) is 0 Å². The lowest BCUT2D eigenvalue weighted by atomic mass is 10.2. The second kappa shape index (κ2) is 5.11. The van der Waals surface area contributed by atoms with Crippen LogP contribution in [0.5, 0.6) is 0 Å². The fourth-order valence-electron chi connectivity index (χ4n) is 2.80. The number of aryl methyl sites for hydroxylation is 1. The van der Waals surface area contributed by atoms with E-state index in [1.54, 1.807) is 0 Å². The van der Waals surface area contributed by atoms with Gasteiger partial charge in [-0.3, -0.25) is 9.55 Å². The van der Waals surface area contributed by atoms with Gasteiger partial charge < -0.3 is 0 Å². The van der Waals surface area contributed by atoms with E-state index in [1.807, 2.05) is 48.8 Å².